The van der Waals surface area contributed by atoms with E-state index >= 15 is 0 Å². The van der Waals surface area contributed by atoms with E-state index in [4.69, 9.17) is 27.9 Å². The highest BCUT2D eigenvalue weighted by atomic mass is 35.5. The maximum atomic E-state index is 13.7. The second-order valence-corrected chi connectivity index (χ2v) is 7.83. The molecule has 7 nitrogen and oxygen atoms in total. The minimum atomic E-state index is -1.56. The average Bonchev–Trinajstić information content (AvgIpc) is 3.21. The molecule has 1 fully saturated rings. The number of hydrogen-bond acceptors (Lipinski definition) is 6. The standard InChI is InChI=1S/C21H17Cl2N3O4/c1-3-30-19(28)17-16-18(27)26(13-8-9-14(22)15(23)10-13)20(29)21(16,25-24-17)12-6-4-11(2)5-7-12/h4-10,16,25H,3H2,1-2H3/t16-,21-/m0/s1. The fourth-order valence-electron chi connectivity index (χ4n) is 3.77. The van der Waals surface area contributed by atoms with Crippen LogP contribution in [-0.4, -0.2) is 30.1 Å². The van der Waals surface area contributed by atoms with Crippen molar-refractivity contribution in [2.24, 2.45) is 11.0 Å². The Balaban J connectivity index is 1.87. The minimum absolute atomic E-state index is 0.112. The SMILES string of the molecule is CCOC(=O)C1=NN[C@]2(c3ccc(C)cc3)C(=O)N(c3ccc(Cl)c(Cl)c3)C(=O)[C@H]12. The van der Waals surface area contributed by atoms with Crippen LogP contribution in [0, 0.1) is 12.8 Å². The van der Waals surface area contributed by atoms with Crippen LogP contribution in [0.4, 0.5) is 5.69 Å². The summed E-state index contributed by atoms with van der Waals surface area (Å²) in [6, 6.07) is 11.6. The number of hydrogen-bond donors (Lipinski definition) is 1. The number of fused-ring (bicyclic) bond motifs is 1. The third-order valence-electron chi connectivity index (χ3n) is 5.22. The lowest BCUT2D eigenvalue weighted by Crippen LogP contribution is -2.48. The molecule has 1 saturated heterocycles. The number of amides is 2. The predicted octanol–water partition coefficient (Wildman–Crippen LogP) is 3.21. The van der Waals surface area contributed by atoms with Crippen LogP contribution in [0.1, 0.15) is 18.1 Å². The summed E-state index contributed by atoms with van der Waals surface area (Å²) in [4.78, 5) is 40.6. The maximum absolute atomic E-state index is 13.7. The summed E-state index contributed by atoms with van der Waals surface area (Å²) in [6.07, 6.45) is 0. The Bertz CT molecular complexity index is 1100. The Morgan fingerprint density at radius 3 is 2.50 bits per heavy atom. The number of carbonyl (C=O) groups is 3. The highest BCUT2D eigenvalue weighted by Gasteiger charge is 2.67. The number of ether oxygens (including phenoxy) is 1. The van der Waals surface area contributed by atoms with Gasteiger partial charge >= 0.3 is 5.97 Å². The van der Waals surface area contributed by atoms with Crippen molar-refractivity contribution < 1.29 is 19.1 Å². The molecule has 2 aromatic rings. The lowest BCUT2D eigenvalue weighted by Gasteiger charge is -2.26. The molecule has 0 unspecified atom stereocenters. The quantitative estimate of drug-likeness (QED) is 0.576. The van der Waals surface area contributed by atoms with Crippen LogP contribution < -0.4 is 10.3 Å². The normalized spacial score (nSPS) is 22.6. The van der Waals surface area contributed by atoms with Crippen LogP contribution in [0.5, 0.6) is 0 Å². The molecule has 0 spiro atoms. The van der Waals surface area contributed by atoms with Crippen molar-refractivity contribution in [3.63, 3.8) is 0 Å². The van der Waals surface area contributed by atoms with Gasteiger partial charge in [0.15, 0.2) is 11.3 Å². The van der Waals surface area contributed by atoms with Gasteiger partial charge in [-0.25, -0.2) is 9.69 Å². The zero-order valence-electron chi connectivity index (χ0n) is 16.1. The monoisotopic (exact) mass is 445 g/mol. The molecule has 1 N–H and O–H groups in total. The summed E-state index contributed by atoms with van der Waals surface area (Å²) in [5.74, 6) is -3.10. The number of hydrazone groups is 1. The van der Waals surface area contributed by atoms with E-state index in [9.17, 15) is 14.4 Å². The largest absolute Gasteiger partial charge is 0.461 e. The first-order valence-electron chi connectivity index (χ1n) is 9.23. The van der Waals surface area contributed by atoms with E-state index in [0.29, 0.717) is 10.6 Å². The minimum Gasteiger partial charge on any atom is -0.461 e. The molecule has 0 radical (unpaired) electrons. The molecule has 2 aliphatic heterocycles. The van der Waals surface area contributed by atoms with Gasteiger partial charge in [-0.2, -0.15) is 5.10 Å². The number of esters is 1. The van der Waals surface area contributed by atoms with Crippen LogP contribution in [0.2, 0.25) is 10.0 Å². The van der Waals surface area contributed by atoms with Crippen LogP contribution in [0.3, 0.4) is 0 Å². The highest BCUT2D eigenvalue weighted by Crippen LogP contribution is 2.45. The Morgan fingerprint density at radius 1 is 1.17 bits per heavy atom. The van der Waals surface area contributed by atoms with Crippen molar-refractivity contribution in [2.75, 3.05) is 11.5 Å². The number of nitrogens with zero attached hydrogens (tertiary/aromatic N) is 2. The van der Waals surface area contributed by atoms with E-state index in [-0.39, 0.29) is 23.0 Å². The van der Waals surface area contributed by atoms with Gasteiger partial charge in [0, 0.05) is 0 Å². The number of carbonyl (C=O) groups excluding carboxylic acids is 3. The molecule has 0 aliphatic carbocycles. The van der Waals surface area contributed by atoms with Gasteiger partial charge in [-0.3, -0.25) is 15.0 Å². The van der Waals surface area contributed by atoms with Gasteiger partial charge in [0.25, 0.3) is 5.91 Å². The fourth-order valence-corrected chi connectivity index (χ4v) is 4.06. The topological polar surface area (TPSA) is 88.1 Å². The van der Waals surface area contributed by atoms with E-state index < -0.39 is 29.2 Å². The molecule has 2 heterocycles. The second-order valence-electron chi connectivity index (χ2n) is 7.01. The summed E-state index contributed by atoms with van der Waals surface area (Å²) in [5, 5.41) is 4.54. The van der Waals surface area contributed by atoms with E-state index in [0.717, 1.165) is 10.5 Å². The van der Waals surface area contributed by atoms with Gasteiger partial charge in [0.2, 0.25) is 5.91 Å². The summed E-state index contributed by atoms with van der Waals surface area (Å²) in [5.41, 5.74) is 2.83. The number of halogens is 2. The molecule has 2 amide bonds. The first-order valence-corrected chi connectivity index (χ1v) is 9.99. The molecule has 9 heteroatoms. The van der Waals surface area contributed by atoms with E-state index in [1.807, 2.05) is 19.1 Å². The average molecular weight is 446 g/mol. The van der Waals surface area contributed by atoms with Gasteiger partial charge in [0.1, 0.15) is 5.92 Å². The van der Waals surface area contributed by atoms with Gasteiger partial charge in [-0.15, -0.1) is 0 Å². The van der Waals surface area contributed by atoms with Crippen LogP contribution in [-0.2, 0) is 24.7 Å². The third-order valence-corrected chi connectivity index (χ3v) is 5.96. The molecule has 30 heavy (non-hydrogen) atoms. The number of benzene rings is 2. The van der Waals surface area contributed by atoms with Gasteiger partial charge in [0.05, 0.1) is 22.3 Å². The molecule has 2 atom stereocenters. The Morgan fingerprint density at radius 2 is 1.87 bits per heavy atom. The van der Waals surface area contributed by atoms with Crippen molar-refractivity contribution in [3.8, 4) is 0 Å². The Labute approximate surface area is 182 Å². The van der Waals surface area contributed by atoms with Crippen LogP contribution in [0.15, 0.2) is 47.6 Å². The molecule has 2 aromatic carbocycles. The zero-order valence-corrected chi connectivity index (χ0v) is 17.6. The molecule has 0 saturated carbocycles. The predicted molar refractivity (Wildman–Crippen MR) is 113 cm³/mol. The molecule has 0 bridgehead atoms. The van der Waals surface area contributed by atoms with Crippen LogP contribution >= 0.6 is 23.2 Å². The molecule has 154 valence electrons. The number of nitrogens with one attached hydrogen (secondary N) is 1. The Hall–Kier alpha value is -2.90. The Kier molecular flexibility index (Phi) is 5.03. The molecule has 4 rings (SSSR count). The molecule has 0 aromatic heterocycles. The third kappa shape index (κ3) is 2.88. The first kappa shape index (κ1) is 20.4. The van der Waals surface area contributed by atoms with E-state index in [2.05, 4.69) is 10.5 Å². The smallest absolute Gasteiger partial charge is 0.355 e. The molecule has 2 aliphatic rings. The van der Waals surface area contributed by atoms with Gasteiger partial charge < -0.3 is 4.74 Å². The summed E-state index contributed by atoms with van der Waals surface area (Å²) in [7, 11) is 0. The van der Waals surface area contributed by atoms with E-state index in [1.54, 1.807) is 19.1 Å². The van der Waals surface area contributed by atoms with Crippen molar-refractivity contribution in [2.45, 2.75) is 19.4 Å². The molecular formula is C21H17Cl2N3O4. The fraction of sp³-hybridized carbons (Fsp3) is 0.238. The van der Waals surface area contributed by atoms with Crippen molar-refractivity contribution in [1.29, 1.82) is 0 Å². The number of rotatable bonds is 4. The van der Waals surface area contributed by atoms with Crippen molar-refractivity contribution in [3.05, 3.63) is 63.6 Å². The zero-order chi connectivity index (χ0) is 21.6. The first-order chi connectivity index (χ1) is 14.3. The van der Waals surface area contributed by atoms with Crippen LogP contribution in [0.25, 0.3) is 0 Å². The maximum Gasteiger partial charge on any atom is 0.355 e. The second kappa shape index (κ2) is 7.41. The highest BCUT2D eigenvalue weighted by molar-refractivity contribution is 6.47. The lowest BCUT2D eigenvalue weighted by atomic mass is 9.78. The summed E-state index contributed by atoms with van der Waals surface area (Å²) >= 11 is 12.1. The number of imide groups is 1. The van der Waals surface area contributed by atoms with E-state index in [1.165, 1.54) is 18.2 Å². The van der Waals surface area contributed by atoms with Crippen molar-refractivity contribution in [1.82, 2.24) is 5.43 Å². The number of anilines is 1. The van der Waals surface area contributed by atoms with Crippen molar-refractivity contribution >= 4 is 52.4 Å². The molecular weight excluding hydrogens is 429 g/mol. The van der Waals surface area contributed by atoms with Gasteiger partial charge in [-0.05, 0) is 37.6 Å². The summed E-state index contributed by atoms with van der Waals surface area (Å²) < 4.78 is 5.06. The summed E-state index contributed by atoms with van der Waals surface area (Å²) in [6.45, 7) is 3.67. The van der Waals surface area contributed by atoms with Gasteiger partial charge in [-0.1, -0.05) is 53.0 Å². The number of aryl methyl sites for hydroxylation is 1. The lowest BCUT2D eigenvalue weighted by molar-refractivity contribution is -0.136.